The summed E-state index contributed by atoms with van der Waals surface area (Å²) in [6, 6.07) is 12.7. The zero-order valence-electron chi connectivity index (χ0n) is 8.39. The van der Waals surface area contributed by atoms with Gasteiger partial charge in [0.05, 0.1) is 5.56 Å². The monoisotopic (exact) mass is 216 g/mol. The lowest BCUT2D eigenvalue weighted by atomic mass is 10.2. The summed E-state index contributed by atoms with van der Waals surface area (Å²) in [6.45, 7) is 0. The van der Waals surface area contributed by atoms with Gasteiger partial charge in [-0.2, -0.15) is 0 Å². The van der Waals surface area contributed by atoms with E-state index in [-0.39, 0.29) is 5.75 Å². The number of halogens is 1. The van der Waals surface area contributed by atoms with E-state index in [2.05, 4.69) is 0 Å². The van der Waals surface area contributed by atoms with Crippen molar-refractivity contribution < 1.29 is 13.9 Å². The van der Waals surface area contributed by atoms with E-state index in [1.165, 1.54) is 18.2 Å². The Hall–Kier alpha value is -2.16. The van der Waals surface area contributed by atoms with E-state index in [4.69, 9.17) is 4.74 Å². The molecular weight excluding hydrogens is 207 g/mol. The minimum atomic E-state index is -0.434. The maximum Gasteiger partial charge on any atom is 0.153 e. The van der Waals surface area contributed by atoms with Gasteiger partial charge >= 0.3 is 0 Å². The topological polar surface area (TPSA) is 26.3 Å². The van der Waals surface area contributed by atoms with E-state index in [1.807, 2.05) is 6.07 Å². The highest BCUT2D eigenvalue weighted by Gasteiger charge is 2.05. The molecule has 0 fully saturated rings. The fraction of sp³-hybridized carbons (Fsp3) is 0. The lowest BCUT2D eigenvalue weighted by Gasteiger charge is -2.07. The third-order valence-electron chi connectivity index (χ3n) is 2.07. The molecule has 0 amide bonds. The van der Waals surface area contributed by atoms with E-state index in [9.17, 15) is 9.18 Å². The summed E-state index contributed by atoms with van der Waals surface area (Å²) in [7, 11) is 0. The van der Waals surface area contributed by atoms with Crippen LogP contribution >= 0.6 is 0 Å². The molecule has 0 heterocycles. The minimum absolute atomic E-state index is 0.223. The molecule has 2 rings (SSSR count). The molecule has 0 aliphatic rings. The van der Waals surface area contributed by atoms with Crippen molar-refractivity contribution in [1.82, 2.24) is 0 Å². The summed E-state index contributed by atoms with van der Waals surface area (Å²) < 4.78 is 18.4. The van der Waals surface area contributed by atoms with Crippen LogP contribution in [-0.4, -0.2) is 6.29 Å². The average Bonchev–Trinajstić information content (AvgIpc) is 2.31. The molecule has 0 aliphatic carbocycles. The molecule has 0 aromatic heterocycles. The number of carbonyl (C=O) groups is 1. The molecule has 0 radical (unpaired) electrons. The maximum atomic E-state index is 13.0. The van der Waals surface area contributed by atoms with E-state index in [0.717, 1.165) is 0 Å². The molecule has 3 heteroatoms. The van der Waals surface area contributed by atoms with Crippen molar-refractivity contribution in [3.8, 4) is 11.5 Å². The Balaban J connectivity index is 2.33. The molecule has 80 valence electrons. The normalized spacial score (nSPS) is 9.81. The largest absolute Gasteiger partial charge is 0.457 e. The minimum Gasteiger partial charge on any atom is -0.457 e. The number of hydrogen-bond acceptors (Lipinski definition) is 2. The van der Waals surface area contributed by atoms with E-state index in [0.29, 0.717) is 17.6 Å². The predicted octanol–water partition coefficient (Wildman–Crippen LogP) is 3.43. The molecular formula is C13H9FO2. The van der Waals surface area contributed by atoms with Gasteiger partial charge in [0.25, 0.3) is 0 Å². The highest BCUT2D eigenvalue weighted by atomic mass is 19.1. The third kappa shape index (κ3) is 2.25. The predicted molar refractivity (Wildman–Crippen MR) is 58.3 cm³/mol. The van der Waals surface area contributed by atoms with E-state index >= 15 is 0 Å². The smallest absolute Gasteiger partial charge is 0.153 e. The van der Waals surface area contributed by atoms with Crippen molar-refractivity contribution in [2.75, 3.05) is 0 Å². The van der Waals surface area contributed by atoms with Gasteiger partial charge in [-0.1, -0.05) is 18.2 Å². The third-order valence-corrected chi connectivity index (χ3v) is 2.07. The molecule has 16 heavy (non-hydrogen) atoms. The Morgan fingerprint density at radius 1 is 1.06 bits per heavy atom. The van der Waals surface area contributed by atoms with Crippen molar-refractivity contribution in [2.24, 2.45) is 0 Å². The lowest BCUT2D eigenvalue weighted by molar-refractivity contribution is 0.112. The number of carbonyl (C=O) groups excluding carboxylic acids is 1. The van der Waals surface area contributed by atoms with Crippen molar-refractivity contribution in [2.45, 2.75) is 0 Å². The molecule has 2 nitrogen and oxygen atoms in total. The lowest BCUT2D eigenvalue weighted by Crippen LogP contribution is -1.91. The average molecular weight is 216 g/mol. The number of benzene rings is 2. The zero-order chi connectivity index (χ0) is 11.4. The summed E-state index contributed by atoms with van der Waals surface area (Å²) in [6.07, 6.45) is 0.637. The zero-order valence-corrected chi connectivity index (χ0v) is 8.39. The molecule has 0 saturated carbocycles. The fourth-order valence-electron chi connectivity index (χ4n) is 1.31. The highest BCUT2D eigenvalue weighted by Crippen LogP contribution is 2.24. The van der Waals surface area contributed by atoms with Crippen LogP contribution in [0.3, 0.4) is 0 Å². The SMILES string of the molecule is O=Cc1ccc(F)cc1Oc1ccccc1. The number of para-hydroxylation sites is 1. The Morgan fingerprint density at radius 3 is 2.50 bits per heavy atom. The first-order valence-corrected chi connectivity index (χ1v) is 4.77. The van der Waals surface area contributed by atoms with Gasteiger partial charge < -0.3 is 4.74 Å². The summed E-state index contributed by atoms with van der Waals surface area (Å²) in [5, 5.41) is 0. The second kappa shape index (κ2) is 4.57. The van der Waals surface area contributed by atoms with Crippen LogP contribution in [0.2, 0.25) is 0 Å². The molecule has 2 aromatic rings. The number of rotatable bonds is 3. The molecule has 0 N–H and O–H groups in total. The van der Waals surface area contributed by atoms with E-state index in [1.54, 1.807) is 24.3 Å². The van der Waals surface area contributed by atoms with Crippen molar-refractivity contribution in [1.29, 1.82) is 0 Å². The first-order chi connectivity index (χ1) is 7.79. The quantitative estimate of drug-likeness (QED) is 0.734. The number of ether oxygens (including phenoxy) is 1. The summed E-state index contributed by atoms with van der Waals surface area (Å²) in [4.78, 5) is 10.7. The van der Waals surface area contributed by atoms with Crippen molar-refractivity contribution in [3.05, 3.63) is 59.9 Å². The van der Waals surface area contributed by atoms with Crippen LogP contribution in [0.4, 0.5) is 4.39 Å². The Kier molecular flexibility index (Phi) is 2.96. The van der Waals surface area contributed by atoms with E-state index < -0.39 is 5.82 Å². The first-order valence-electron chi connectivity index (χ1n) is 4.77. The van der Waals surface area contributed by atoms with Gasteiger partial charge in [-0.3, -0.25) is 4.79 Å². The maximum absolute atomic E-state index is 13.0. The Labute approximate surface area is 92.3 Å². The van der Waals surface area contributed by atoms with Gasteiger partial charge in [-0.25, -0.2) is 4.39 Å². The van der Waals surface area contributed by atoms with Crippen LogP contribution in [0, 0.1) is 5.82 Å². The van der Waals surface area contributed by atoms with Gasteiger partial charge in [-0.05, 0) is 24.3 Å². The highest BCUT2D eigenvalue weighted by molar-refractivity contribution is 5.79. The van der Waals surface area contributed by atoms with Crippen molar-refractivity contribution in [3.63, 3.8) is 0 Å². The van der Waals surface area contributed by atoms with Crippen LogP contribution in [0.15, 0.2) is 48.5 Å². The Bertz CT molecular complexity index is 495. The van der Waals surface area contributed by atoms with Crippen LogP contribution in [0.5, 0.6) is 11.5 Å². The first kappa shape index (κ1) is 10.4. The molecule has 0 unspecified atom stereocenters. The summed E-state index contributed by atoms with van der Waals surface area (Å²) in [5.74, 6) is 0.355. The molecule has 0 aliphatic heterocycles. The van der Waals surface area contributed by atoms with Crippen LogP contribution < -0.4 is 4.74 Å². The van der Waals surface area contributed by atoms with Gasteiger partial charge in [-0.15, -0.1) is 0 Å². The standard InChI is InChI=1S/C13H9FO2/c14-11-7-6-10(9-15)13(8-11)16-12-4-2-1-3-5-12/h1-9H. The number of aldehydes is 1. The molecule has 0 bridgehead atoms. The molecule has 2 aromatic carbocycles. The summed E-state index contributed by atoms with van der Waals surface area (Å²) in [5.41, 5.74) is 0.324. The fourth-order valence-corrected chi connectivity index (χ4v) is 1.31. The Morgan fingerprint density at radius 2 is 1.81 bits per heavy atom. The van der Waals surface area contributed by atoms with Crippen molar-refractivity contribution >= 4 is 6.29 Å². The number of hydrogen-bond donors (Lipinski definition) is 0. The summed E-state index contributed by atoms with van der Waals surface area (Å²) >= 11 is 0. The molecule has 0 atom stereocenters. The molecule has 0 saturated heterocycles. The van der Waals surface area contributed by atoms with Gasteiger partial charge in [0, 0.05) is 6.07 Å². The van der Waals surface area contributed by atoms with Gasteiger partial charge in [0.15, 0.2) is 6.29 Å². The van der Waals surface area contributed by atoms with Crippen LogP contribution in [0.1, 0.15) is 10.4 Å². The van der Waals surface area contributed by atoms with Gasteiger partial charge in [0.2, 0.25) is 0 Å². The second-order valence-electron chi connectivity index (χ2n) is 3.22. The van der Waals surface area contributed by atoms with Crippen LogP contribution in [-0.2, 0) is 0 Å². The molecule has 0 spiro atoms. The van der Waals surface area contributed by atoms with Gasteiger partial charge in [0.1, 0.15) is 17.3 Å². The van der Waals surface area contributed by atoms with Crippen LogP contribution in [0.25, 0.3) is 0 Å². The second-order valence-corrected chi connectivity index (χ2v) is 3.22.